The summed E-state index contributed by atoms with van der Waals surface area (Å²) in [5.74, 6) is 0.0126. The van der Waals surface area contributed by atoms with E-state index in [2.05, 4.69) is 10.4 Å². The van der Waals surface area contributed by atoms with Crippen LogP contribution in [0.25, 0.3) is 10.8 Å². The van der Waals surface area contributed by atoms with Gasteiger partial charge < -0.3 is 23.8 Å². The number of ether oxygens (including phenoxy) is 2. The van der Waals surface area contributed by atoms with E-state index >= 15 is 0 Å². The Balaban J connectivity index is 1.71. The molecule has 2 amide bonds. The number of nitrogens with zero attached hydrogens (tertiary/aromatic N) is 1. The fourth-order valence-electron chi connectivity index (χ4n) is 3.62. The maximum absolute atomic E-state index is 14.9. The molecule has 1 aliphatic rings. The van der Waals surface area contributed by atoms with Gasteiger partial charge in [0.05, 0.1) is 17.7 Å². The van der Waals surface area contributed by atoms with Crippen LogP contribution in [0.1, 0.15) is 20.3 Å². The number of allylic oxidation sites excluding steroid dienone is 1. The van der Waals surface area contributed by atoms with Crippen LogP contribution in [0.15, 0.2) is 53.7 Å². The van der Waals surface area contributed by atoms with Crippen molar-refractivity contribution in [1.29, 1.82) is 0 Å². The minimum absolute atomic E-state index is 0.169. The van der Waals surface area contributed by atoms with Crippen LogP contribution in [-0.4, -0.2) is 68.0 Å². The predicted octanol–water partition coefficient (Wildman–Crippen LogP) is 4.38. The molecule has 4 unspecified atom stereocenters. The number of rotatable bonds is 12. The van der Waals surface area contributed by atoms with Crippen molar-refractivity contribution in [1.82, 2.24) is 15.3 Å². The van der Waals surface area contributed by atoms with Crippen molar-refractivity contribution in [3.05, 3.63) is 53.7 Å². The summed E-state index contributed by atoms with van der Waals surface area (Å²) in [5.41, 5.74) is 0. The summed E-state index contributed by atoms with van der Waals surface area (Å²) in [4.78, 5) is 36.3. The second-order valence-electron chi connectivity index (χ2n) is 8.47. The third-order valence-corrected chi connectivity index (χ3v) is 6.65. The van der Waals surface area contributed by atoms with Gasteiger partial charge in [-0.25, -0.2) is 14.3 Å². The maximum Gasteiger partial charge on any atom is 0.323 e. The molecule has 0 aromatic heterocycles. The Morgan fingerprint density at radius 3 is 2.71 bits per heavy atom. The second kappa shape index (κ2) is 14.4. The largest absolute Gasteiger partial charge is 0.462 e. The second-order valence-corrected chi connectivity index (χ2v) is 10.2. The van der Waals surface area contributed by atoms with Gasteiger partial charge in [-0.3, -0.25) is 14.5 Å². The lowest BCUT2D eigenvalue weighted by Gasteiger charge is -2.25. The molecule has 38 heavy (non-hydrogen) atoms. The third kappa shape index (κ3) is 8.34. The van der Waals surface area contributed by atoms with Crippen LogP contribution in [0.2, 0.25) is 0 Å². The predicted molar refractivity (Wildman–Crippen MR) is 141 cm³/mol. The smallest absolute Gasteiger partial charge is 0.323 e. The molecule has 206 valence electrons. The zero-order chi connectivity index (χ0) is 27.7. The number of carbonyl (C=O) groups is 3. The van der Waals surface area contributed by atoms with Gasteiger partial charge >= 0.3 is 20.5 Å². The molecule has 1 aliphatic heterocycles. The molecular weight excluding hydrogens is 540 g/mol. The molecule has 0 radical (unpaired) electrons. The van der Waals surface area contributed by atoms with E-state index in [4.69, 9.17) is 30.1 Å². The van der Waals surface area contributed by atoms with Gasteiger partial charge in [-0.15, -0.1) is 0 Å². The van der Waals surface area contributed by atoms with E-state index in [1.807, 2.05) is 36.4 Å². The van der Waals surface area contributed by atoms with E-state index in [0.29, 0.717) is 12.0 Å². The number of carbonyl (C=O) groups excluding carboxylic acids is 3. The molecule has 1 heterocycles. The van der Waals surface area contributed by atoms with Crippen LogP contribution >= 0.6 is 20.1 Å². The van der Waals surface area contributed by atoms with Crippen LogP contribution < -0.4 is 14.9 Å². The molecule has 1 saturated heterocycles. The first-order chi connectivity index (χ1) is 18.2. The molecule has 0 spiro atoms. The first-order valence-corrected chi connectivity index (χ1v) is 13.4. The van der Waals surface area contributed by atoms with Gasteiger partial charge in [0.1, 0.15) is 30.8 Å². The normalized spacial score (nSPS) is 20.3. The molecule has 2 N–H and O–H groups in total. The molecule has 10 nitrogen and oxygen atoms in total. The summed E-state index contributed by atoms with van der Waals surface area (Å²) in [7, 11) is -0.551. The van der Waals surface area contributed by atoms with Crippen molar-refractivity contribution in [2.75, 3.05) is 20.2 Å². The summed E-state index contributed by atoms with van der Waals surface area (Å²) >= 11 is 5.76. The van der Waals surface area contributed by atoms with Crippen molar-refractivity contribution in [3.63, 3.8) is 0 Å². The Hall–Kier alpha value is -2.82. The first kappa shape index (κ1) is 29.7. The highest BCUT2D eigenvalue weighted by molar-refractivity contribution is 7.45. The lowest BCUT2D eigenvalue weighted by atomic mass is 10.1. The molecule has 2 aromatic carbocycles. The zero-order valence-corrected chi connectivity index (χ0v) is 22.8. The highest BCUT2D eigenvalue weighted by Gasteiger charge is 2.40. The van der Waals surface area contributed by atoms with E-state index in [0.717, 1.165) is 21.9 Å². The molecule has 4 atom stereocenters. The van der Waals surface area contributed by atoms with Gasteiger partial charge in [0.25, 0.3) is 0 Å². The van der Waals surface area contributed by atoms with Crippen molar-refractivity contribution in [3.8, 4) is 5.75 Å². The molecule has 3 rings (SSSR count). The number of halogens is 2. The van der Waals surface area contributed by atoms with E-state index < -0.39 is 39.0 Å². The summed E-state index contributed by atoms with van der Waals surface area (Å²) in [6, 6.07) is 12.5. The van der Waals surface area contributed by atoms with Crippen LogP contribution in [0.3, 0.4) is 0 Å². The minimum atomic E-state index is -1.93. The number of amides is 2. The van der Waals surface area contributed by atoms with Gasteiger partial charge in [0.15, 0.2) is 6.29 Å². The molecule has 13 heteroatoms. The monoisotopic (exact) mass is 569 g/mol. The minimum Gasteiger partial charge on any atom is -0.462 e. The summed E-state index contributed by atoms with van der Waals surface area (Å²) in [5, 5.41) is 6.82. The SMILES string of the molecule is CNC(=O)N(/C=C(/Cl)C=O)C1CC(F)C(COP(NCC(=O)OC(C)C)Oc2cccc3ccccc23)O1. The molecule has 0 saturated carbocycles. The standard InChI is InChI=1S/C25H30ClFN3O7P/c1-16(2)35-24(32)12-29-38(37-21-10-6-8-17-7-4-5-9-19(17)21)34-15-22-20(27)11-23(36-22)30(25(33)28-3)13-18(26)14-31/h4-10,13-14,16,20,22-23,29H,11-12,15H2,1-3H3,(H,28,33)/b18-13+. The Morgan fingerprint density at radius 1 is 1.26 bits per heavy atom. The Kier molecular flexibility index (Phi) is 11.2. The maximum atomic E-state index is 14.9. The summed E-state index contributed by atoms with van der Waals surface area (Å²) in [6.45, 7) is 3.03. The fraction of sp³-hybridized carbons (Fsp3) is 0.400. The number of benzene rings is 2. The van der Waals surface area contributed by atoms with Gasteiger partial charge in [0.2, 0.25) is 0 Å². The number of urea groups is 1. The van der Waals surface area contributed by atoms with Crippen molar-refractivity contribution >= 4 is 49.2 Å². The van der Waals surface area contributed by atoms with E-state index in [1.54, 1.807) is 19.9 Å². The quantitative estimate of drug-likeness (QED) is 0.167. The van der Waals surface area contributed by atoms with E-state index in [1.165, 1.54) is 7.05 Å². The Bertz CT molecular complexity index is 1150. The van der Waals surface area contributed by atoms with Crippen LogP contribution in [0.5, 0.6) is 5.75 Å². The van der Waals surface area contributed by atoms with E-state index in [-0.39, 0.29) is 30.7 Å². The zero-order valence-electron chi connectivity index (χ0n) is 21.1. The van der Waals surface area contributed by atoms with Gasteiger partial charge in [-0.05, 0) is 25.3 Å². The molecular formula is C25H30ClFN3O7P. The number of nitrogens with one attached hydrogen (secondary N) is 2. The summed E-state index contributed by atoms with van der Waals surface area (Å²) in [6.07, 6.45) is -2.60. The average Bonchev–Trinajstić information content (AvgIpc) is 3.27. The lowest BCUT2D eigenvalue weighted by molar-refractivity contribution is -0.145. The van der Waals surface area contributed by atoms with Crippen LogP contribution in [0, 0.1) is 0 Å². The Morgan fingerprint density at radius 2 is 2.00 bits per heavy atom. The fourth-order valence-corrected chi connectivity index (χ4v) is 4.81. The molecule has 1 fully saturated rings. The number of alkyl halides is 1. The van der Waals surface area contributed by atoms with Crippen molar-refractivity contribution in [2.24, 2.45) is 0 Å². The topological polar surface area (TPSA) is 115 Å². The number of aldehydes is 1. The van der Waals surface area contributed by atoms with Gasteiger partial charge in [0, 0.05) is 25.1 Å². The highest BCUT2D eigenvalue weighted by atomic mass is 35.5. The van der Waals surface area contributed by atoms with Gasteiger partial charge in [-0.1, -0.05) is 48.0 Å². The Labute approximate surface area is 226 Å². The number of esters is 1. The highest BCUT2D eigenvalue weighted by Crippen LogP contribution is 2.40. The average molecular weight is 570 g/mol. The van der Waals surface area contributed by atoms with Gasteiger partial charge in [-0.2, -0.15) is 0 Å². The lowest BCUT2D eigenvalue weighted by Crippen LogP contribution is -2.42. The molecule has 0 bridgehead atoms. The number of hydrogen-bond acceptors (Lipinski definition) is 8. The number of fused-ring (bicyclic) bond motifs is 1. The number of hydrogen-bond donors (Lipinski definition) is 2. The molecule has 0 aliphatic carbocycles. The first-order valence-electron chi connectivity index (χ1n) is 11.9. The third-order valence-electron chi connectivity index (χ3n) is 5.30. The summed E-state index contributed by atoms with van der Waals surface area (Å²) < 4.78 is 37.8. The van der Waals surface area contributed by atoms with Crippen molar-refractivity contribution in [2.45, 2.75) is 44.9 Å². The van der Waals surface area contributed by atoms with Crippen molar-refractivity contribution < 1.29 is 37.3 Å². The molecule has 2 aromatic rings. The van der Waals surface area contributed by atoms with Crippen LogP contribution in [-0.2, 0) is 23.6 Å². The van der Waals surface area contributed by atoms with E-state index in [9.17, 15) is 18.8 Å². The van der Waals surface area contributed by atoms with Crippen LogP contribution in [0.4, 0.5) is 9.18 Å².